The van der Waals surface area contributed by atoms with Gasteiger partial charge in [0.25, 0.3) is 0 Å². The van der Waals surface area contributed by atoms with Crippen molar-refractivity contribution < 1.29 is 46.1 Å². The number of hydrogen-bond donors (Lipinski definition) is 2. The van der Waals surface area contributed by atoms with Crippen molar-refractivity contribution in [3.05, 3.63) is 41.8 Å². The first-order valence-corrected chi connectivity index (χ1v) is 10.2. The summed E-state index contributed by atoms with van der Waals surface area (Å²) in [6.45, 7) is 4.50. The van der Waals surface area contributed by atoms with E-state index in [1.165, 1.54) is 13.8 Å². The molecule has 12 heteroatoms. The number of alkyl halides is 6. The normalized spacial score (nSPS) is 19.2. The van der Waals surface area contributed by atoms with Gasteiger partial charge < -0.3 is 10.2 Å². The Hall–Kier alpha value is -2.34. The minimum atomic E-state index is -5.82. The van der Waals surface area contributed by atoms with E-state index >= 15 is 0 Å². The molecule has 4 nitrogen and oxygen atoms in total. The van der Waals surface area contributed by atoms with Gasteiger partial charge in [0.1, 0.15) is 9.75 Å². The number of halogens is 6. The van der Waals surface area contributed by atoms with Gasteiger partial charge >= 0.3 is 29.7 Å². The lowest BCUT2D eigenvalue weighted by Crippen LogP contribution is -2.49. The Bertz CT molecular complexity index is 1080. The molecular formula is C19H14F6O4S2. The van der Waals surface area contributed by atoms with E-state index in [9.17, 15) is 46.1 Å². The van der Waals surface area contributed by atoms with Crippen LogP contribution in [0.25, 0.3) is 11.1 Å². The molecule has 0 radical (unpaired) electrons. The first-order chi connectivity index (χ1) is 14.0. The predicted octanol–water partition coefficient (Wildman–Crippen LogP) is 6.27. The van der Waals surface area contributed by atoms with Crippen LogP contribution < -0.4 is 0 Å². The van der Waals surface area contributed by atoms with E-state index in [4.69, 9.17) is 0 Å². The summed E-state index contributed by atoms with van der Waals surface area (Å²) >= 11 is 1.01. The van der Waals surface area contributed by atoms with E-state index in [2.05, 4.69) is 0 Å². The number of rotatable bonds is 4. The number of hydrogen-bond acceptors (Lipinski definition) is 4. The summed E-state index contributed by atoms with van der Waals surface area (Å²) in [5.41, 5.74) is -5.44. The number of allylic oxidation sites excluding steroid dienone is 2. The molecule has 0 bridgehead atoms. The quantitative estimate of drug-likeness (QED) is 0.502. The highest BCUT2D eigenvalue weighted by atomic mass is 32.1. The molecule has 0 amide bonds. The zero-order chi connectivity index (χ0) is 23.8. The molecule has 0 aliphatic heterocycles. The van der Waals surface area contributed by atoms with Gasteiger partial charge in [-0.1, -0.05) is 0 Å². The minimum absolute atomic E-state index is 0.153. The lowest BCUT2D eigenvalue weighted by atomic mass is 9.90. The summed E-state index contributed by atoms with van der Waals surface area (Å²) in [5.74, 6) is -19.5. The monoisotopic (exact) mass is 484 g/mol. The fourth-order valence-corrected chi connectivity index (χ4v) is 5.85. The summed E-state index contributed by atoms with van der Waals surface area (Å²) in [6.07, 6.45) is 0. The Kier molecular flexibility index (Phi) is 5.14. The molecule has 2 heterocycles. The van der Waals surface area contributed by atoms with Crippen LogP contribution >= 0.6 is 22.7 Å². The maximum Gasteiger partial charge on any atom is 0.380 e. The van der Waals surface area contributed by atoms with Crippen molar-refractivity contribution in [3.8, 4) is 0 Å². The second kappa shape index (κ2) is 6.83. The van der Waals surface area contributed by atoms with Crippen LogP contribution in [0.1, 0.15) is 51.4 Å². The van der Waals surface area contributed by atoms with E-state index in [1.807, 2.05) is 0 Å². The summed E-state index contributed by atoms with van der Waals surface area (Å²) < 4.78 is 88.8. The third-order valence-electron chi connectivity index (χ3n) is 5.20. The van der Waals surface area contributed by atoms with Crippen molar-refractivity contribution in [2.45, 2.75) is 45.5 Å². The Morgan fingerprint density at radius 2 is 0.968 bits per heavy atom. The first-order valence-electron chi connectivity index (χ1n) is 8.56. The molecule has 1 aliphatic rings. The highest BCUT2D eigenvalue weighted by molar-refractivity contribution is 7.14. The molecular weight excluding hydrogens is 470 g/mol. The van der Waals surface area contributed by atoms with Crippen LogP contribution in [0.4, 0.5) is 26.3 Å². The van der Waals surface area contributed by atoms with E-state index in [-0.39, 0.29) is 20.9 Å². The number of thiophene rings is 2. The number of aryl methyl sites for hydroxylation is 2. The Balaban J connectivity index is 2.56. The fourth-order valence-electron chi connectivity index (χ4n) is 3.84. The van der Waals surface area contributed by atoms with E-state index < -0.39 is 61.7 Å². The predicted molar refractivity (Wildman–Crippen MR) is 103 cm³/mol. The molecule has 3 rings (SSSR count). The van der Waals surface area contributed by atoms with Crippen molar-refractivity contribution in [3.63, 3.8) is 0 Å². The summed E-state index contributed by atoms with van der Waals surface area (Å²) in [4.78, 5) is 21.6. The molecule has 0 atom stereocenters. The minimum Gasteiger partial charge on any atom is -0.477 e. The van der Waals surface area contributed by atoms with Gasteiger partial charge in [0.05, 0.1) is 0 Å². The van der Waals surface area contributed by atoms with E-state index in [1.54, 1.807) is 0 Å². The Labute approximate surface area is 179 Å². The zero-order valence-electron chi connectivity index (χ0n) is 16.3. The third kappa shape index (κ3) is 2.87. The van der Waals surface area contributed by atoms with Crippen molar-refractivity contribution in [1.29, 1.82) is 0 Å². The average Bonchev–Trinajstić information content (AvgIpc) is 3.11. The van der Waals surface area contributed by atoms with E-state index in [0.717, 1.165) is 13.8 Å². The van der Waals surface area contributed by atoms with Gasteiger partial charge in [-0.3, -0.25) is 0 Å². The SMILES string of the molecule is Cc1sc(C(=O)O)c(C)c1C1=C(c2c(C)sc(C(=O)O)c2C)C(F)(F)C(F)(F)C1(F)F. The van der Waals surface area contributed by atoms with Crippen molar-refractivity contribution in [2.24, 2.45) is 0 Å². The average molecular weight is 484 g/mol. The number of carboxylic acids is 2. The molecule has 2 aromatic heterocycles. The molecule has 1 aliphatic carbocycles. The number of aromatic carboxylic acids is 2. The molecule has 168 valence electrons. The number of carboxylic acid groups (broad SMARTS) is 2. The summed E-state index contributed by atoms with van der Waals surface area (Å²) in [7, 11) is 0. The van der Waals surface area contributed by atoms with Crippen molar-refractivity contribution in [1.82, 2.24) is 0 Å². The third-order valence-corrected chi connectivity index (χ3v) is 7.59. The van der Waals surface area contributed by atoms with Gasteiger partial charge in [-0.2, -0.15) is 26.3 Å². The zero-order valence-corrected chi connectivity index (χ0v) is 17.9. The molecule has 0 saturated heterocycles. The highest BCUT2D eigenvalue weighted by Crippen LogP contribution is 2.66. The fraction of sp³-hybridized carbons (Fsp3) is 0.368. The lowest BCUT2D eigenvalue weighted by Gasteiger charge is -2.26. The molecule has 0 spiro atoms. The molecule has 0 unspecified atom stereocenters. The molecule has 31 heavy (non-hydrogen) atoms. The largest absolute Gasteiger partial charge is 0.477 e. The topological polar surface area (TPSA) is 74.6 Å². The van der Waals surface area contributed by atoms with Crippen molar-refractivity contribution >= 4 is 45.8 Å². The molecule has 2 aromatic rings. The Morgan fingerprint density at radius 1 is 0.677 bits per heavy atom. The maximum atomic E-state index is 15.0. The van der Waals surface area contributed by atoms with Gasteiger partial charge in [-0.05, 0) is 38.8 Å². The second-order valence-electron chi connectivity index (χ2n) is 7.06. The molecule has 0 saturated carbocycles. The van der Waals surface area contributed by atoms with Gasteiger partial charge in [-0.25, -0.2) is 9.59 Å². The van der Waals surface area contributed by atoms with Crippen molar-refractivity contribution in [2.75, 3.05) is 0 Å². The van der Waals surface area contributed by atoms with Crippen LogP contribution in [0, 0.1) is 27.7 Å². The van der Waals surface area contributed by atoms with E-state index in [0.29, 0.717) is 22.7 Å². The van der Waals surface area contributed by atoms with Gasteiger partial charge in [-0.15, -0.1) is 22.7 Å². The van der Waals surface area contributed by atoms with Gasteiger partial charge in [0, 0.05) is 32.0 Å². The van der Waals surface area contributed by atoms with Gasteiger partial charge in [0.15, 0.2) is 0 Å². The molecule has 2 N–H and O–H groups in total. The van der Waals surface area contributed by atoms with Crippen LogP contribution in [-0.4, -0.2) is 39.9 Å². The smallest absolute Gasteiger partial charge is 0.380 e. The first kappa shape index (κ1) is 23.3. The maximum absolute atomic E-state index is 15.0. The molecule has 0 aromatic carbocycles. The van der Waals surface area contributed by atoms with Gasteiger partial charge in [0.2, 0.25) is 0 Å². The van der Waals surface area contributed by atoms with Crippen LogP contribution in [-0.2, 0) is 0 Å². The second-order valence-corrected chi connectivity index (χ2v) is 9.51. The van der Waals surface area contributed by atoms with Crippen LogP contribution in [0.2, 0.25) is 0 Å². The van der Waals surface area contributed by atoms with Crippen LogP contribution in [0.5, 0.6) is 0 Å². The van der Waals surface area contributed by atoms with Crippen LogP contribution in [0.15, 0.2) is 0 Å². The Morgan fingerprint density at radius 3 is 1.19 bits per heavy atom. The highest BCUT2D eigenvalue weighted by Gasteiger charge is 2.80. The lowest BCUT2D eigenvalue weighted by molar-refractivity contribution is -0.254. The number of carbonyl (C=O) groups is 2. The summed E-state index contributed by atoms with van der Waals surface area (Å²) in [6, 6.07) is 0. The molecule has 0 fully saturated rings. The standard InChI is InChI=1S/C19H14F6O4S2/c1-5-9(7(3)30-13(5)15(26)27)11-12(18(22,23)19(24,25)17(11,20)21)10-6(2)14(16(28)29)31-8(10)4/h1-4H3,(H,26,27)(H,28,29). The van der Waals surface area contributed by atoms with Crippen LogP contribution in [0.3, 0.4) is 0 Å². The summed E-state index contributed by atoms with van der Waals surface area (Å²) in [5, 5.41) is 18.5.